The van der Waals surface area contributed by atoms with Gasteiger partial charge in [-0.2, -0.15) is 13.1 Å². The van der Waals surface area contributed by atoms with Crippen LogP contribution in [0.1, 0.15) is 13.8 Å². The molecule has 21 heavy (non-hydrogen) atoms. The molecule has 0 amide bonds. The van der Waals surface area contributed by atoms with Crippen LogP contribution in [0.2, 0.25) is 0 Å². The van der Waals surface area contributed by atoms with Crippen LogP contribution in [0, 0.1) is 5.92 Å². The summed E-state index contributed by atoms with van der Waals surface area (Å²) in [5, 5.41) is 2.13. The van der Waals surface area contributed by atoms with E-state index < -0.39 is 10.2 Å². The third-order valence-corrected chi connectivity index (χ3v) is 4.51. The van der Waals surface area contributed by atoms with E-state index in [1.165, 1.54) is 11.3 Å². The number of hydrogen-bond acceptors (Lipinski definition) is 5. The number of thiazole rings is 1. The first kappa shape index (κ1) is 15.7. The van der Waals surface area contributed by atoms with Gasteiger partial charge in [0.15, 0.2) is 5.13 Å². The summed E-state index contributed by atoms with van der Waals surface area (Å²) >= 11 is 1.24. The molecular weight excluding hydrogens is 308 g/mol. The molecule has 0 aliphatic heterocycles. The van der Waals surface area contributed by atoms with Crippen molar-refractivity contribution in [3.63, 3.8) is 0 Å². The van der Waals surface area contributed by atoms with Crippen molar-refractivity contribution in [2.75, 3.05) is 17.0 Å². The molecular formula is C13H18N4O2S2. The summed E-state index contributed by atoms with van der Waals surface area (Å²) < 4.78 is 28.5. The van der Waals surface area contributed by atoms with Crippen molar-refractivity contribution in [3.8, 4) is 11.3 Å². The molecule has 6 nitrogen and oxygen atoms in total. The van der Waals surface area contributed by atoms with E-state index in [1.807, 2.05) is 26.0 Å². The average Bonchev–Trinajstić information content (AvgIpc) is 2.85. The molecule has 0 saturated carbocycles. The van der Waals surface area contributed by atoms with E-state index in [1.54, 1.807) is 17.5 Å². The van der Waals surface area contributed by atoms with E-state index in [0.29, 0.717) is 23.1 Å². The minimum absolute atomic E-state index is 0.239. The van der Waals surface area contributed by atoms with E-state index >= 15 is 0 Å². The lowest BCUT2D eigenvalue weighted by Gasteiger charge is -2.08. The molecule has 0 unspecified atom stereocenters. The number of nitrogens with one attached hydrogen (secondary N) is 2. The number of benzene rings is 1. The minimum Gasteiger partial charge on any atom is -0.399 e. The van der Waals surface area contributed by atoms with E-state index in [2.05, 4.69) is 14.4 Å². The maximum Gasteiger partial charge on any atom is 0.300 e. The zero-order valence-electron chi connectivity index (χ0n) is 11.8. The zero-order valence-corrected chi connectivity index (χ0v) is 13.5. The lowest BCUT2D eigenvalue weighted by Crippen LogP contribution is -2.32. The number of nitrogens with two attached hydrogens (primary N) is 1. The van der Waals surface area contributed by atoms with Crippen molar-refractivity contribution >= 4 is 32.4 Å². The van der Waals surface area contributed by atoms with Crippen molar-refractivity contribution in [1.82, 2.24) is 9.71 Å². The van der Waals surface area contributed by atoms with Gasteiger partial charge in [0.1, 0.15) is 0 Å². The Morgan fingerprint density at radius 3 is 2.57 bits per heavy atom. The van der Waals surface area contributed by atoms with E-state index in [4.69, 9.17) is 5.73 Å². The second kappa shape index (κ2) is 6.42. The van der Waals surface area contributed by atoms with Gasteiger partial charge >= 0.3 is 10.2 Å². The first-order chi connectivity index (χ1) is 9.85. The summed E-state index contributed by atoms with van der Waals surface area (Å²) in [5.74, 6) is 0.239. The third-order valence-electron chi connectivity index (χ3n) is 2.61. The fraction of sp³-hybridized carbons (Fsp3) is 0.308. The first-order valence-electron chi connectivity index (χ1n) is 6.44. The van der Waals surface area contributed by atoms with Gasteiger partial charge in [-0.25, -0.2) is 9.71 Å². The number of nitrogen functional groups attached to an aromatic ring is 1. The second-order valence-electron chi connectivity index (χ2n) is 5.01. The fourth-order valence-corrected chi connectivity index (χ4v) is 3.52. The standard InChI is InChI=1S/C13H18N4O2S2/c1-9(2)7-15-21(18,19)17-13-16-12(8-20-13)10-3-5-11(14)6-4-10/h3-6,8-9,15H,7,14H2,1-2H3,(H,16,17). The second-order valence-corrected chi connectivity index (χ2v) is 7.37. The average molecular weight is 326 g/mol. The van der Waals surface area contributed by atoms with Gasteiger partial charge in [0.25, 0.3) is 0 Å². The third kappa shape index (κ3) is 4.69. The highest BCUT2D eigenvalue weighted by molar-refractivity contribution is 7.91. The van der Waals surface area contributed by atoms with Crippen molar-refractivity contribution in [2.45, 2.75) is 13.8 Å². The summed E-state index contributed by atoms with van der Waals surface area (Å²) in [6.45, 7) is 4.25. The van der Waals surface area contributed by atoms with Gasteiger partial charge in [0, 0.05) is 23.2 Å². The van der Waals surface area contributed by atoms with E-state index in [0.717, 1.165) is 5.56 Å². The summed E-state index contributed by atoms with van der Waals surface area (Å²) in [5.41, 5.74) is 7.91. The highest BCUT2D eigenvalue weighted by Gasteiger charge is 2.13. The molecule has 4 N–H and O–H groups in total. The SMILES string of the molecule is CC(C)CNS(=O)(=O)Nc1nc(-c2ccc(N)cc2)cs1. The van der Waals surface area contributed by atoms with Crippen LogP contribution in [-0.4, -0.2) is 19.9 Å². The number of hydrogen-bond donors (Lipinski definition) is 3. The zero-order chi connectivity index (χ0) is 15.5. The molecule has 0 radical (unpaired) electrons. The summed E-state index contributed by atoms with van der Waals surface area (Å²) in [4.78, 5) is 4.27. The van der Waals surface area contributed by atoms with Gasteiger partial charge in [0.2, 0.25) is 0 Å². The molecule has 0 saturated heterocycles. The van der Waals surface area contributed by atoms with Gasteiger partial charge in [-0.05, 0) is 18.1 Å². The van der Waals surface area contributed by atoms with E-state index in [-0.39, 0.29) is 5.92 Å². The van der Waals surface area contributed by atoms with Crippen LogP contribution < -0.4 is 15.2 Å². The van der Waals surface area contributed by atoms with Crippen LogP contribution in [0.15, 0.2) is 29.6 Å². The molecule has 0 aliphatic carbocycles. The van der Waals surface area contributed by atoms with Crippen molar-refractivity contribution in [2.24, 2.45) is 5.92 Å². The maximum atomic E-state index is 11.8. The Bertz CT molecular complexity index is 693. The Morgan fingerprint density at radius 1 is 1.29 bits per heavy atom. The fourth-order valence-electron chi connectivity index (χ4n) is 1.53. The van der Waals surface area contributed by atoms with Crippen LogP contribution in [0.4, 0.5) is 10.8 Å². The molecule has 8 heteroatoms. The topological polar surface area (TPSA) is 97.1 Å². The van der Waals surface area contributed by atoms with Gasteiger partial charge in [-0.15, -0.1) is 11.3 Å². The minimum atomic E-state index is -3.58. The van der Waals surface area contributed by atoms with Gasteiger partial charge in [-0.1, -0.05) is 26.0 Å². The predicted molar refractivity (Wildman–Crippen MR) is 87.3 cm³/mol. The molecule has 0 atom stereocenters. The Kier molecular flexibility index (Phi) is 4.81. The van der Waals surface area contributed by atoms with Crippen LogP contribution >= 0.6 is 11.3 Å². The molecule has 0 spiro atoms. The van der Waals surface area contributed by atoms with Crippen molar-refractivity contribution < 1.29 is 8.42 Å². The lowest BCUT2D eigenvalue weighted by atomic mass is 10.2. The summed E-state index contributed by atoms with van der Waals surface area (Å²) in [6.07, 6.45) is 0. The molecule has 0 bridgehead atoms. The molecule has 0 fully saturated rings. The van der Waals surface area contributed by atoms with Gasteiger partial charge in [-0.3, -0.25) is 0 Å². The monoisotopic (exact) mass is 326 g/mol. The number of anilines is 2. The quantitative estimate of drug-likeness (QED) is 0.710. The molecule has 1 heterocycles. The molecule has 1 aromatic carbocycles. The Morgan fingerprint density at radius 2 is 1.95 bits per heavy atom. The first-order valence-corrected chi connectivity index (χ1v) is 8.81. The molecule has 2 aromatic rings. The highest BCUT2D eigenvalue weighted by atomic mass is 32.2. The number of rotatable bonds is 6. The van der Waals surface area contributed by atoms with E-state index in [9.17, 15) is 8.42 Å². The van der Waals surface area contributed by atoms with Crippen LogP contribution in [0.25, 0.3) is 11.3 Å². The summed E-state index contributed by atoms with van der Waals surface area (Å²) in [6, 6.07) is 7.25. The molecule has 114 valence electrons. The maximum absolute atomic E-state index is 11.8. The Balaban J connectivity index is 2.08. The van der Waals surface area contributed by atoms with Crippen LogP contribution in [-0.2, 0) is 10.2 Å². The number of aromatic nitrogens is 1. The molecule has 2 rings (SSSR count). The molecule has 1 aromatic heterocycles. The van der Waals surface area contributed by atoms with Gasteiger partial charge in [0.05, 0.1) is 5.69 Å². The van der Waals surface area contributed by atoms with Crippen molar-refractivity contribution in [3.05, 3.63) is 29.6 Å². The molecule has 0 aliphatic rings. The Hall–Kier alpha value is -1.64. The largest absolute Gasteiger partial charge is 0.399 e. The number of nitrogens with zero attached hydrogens (tertiary/aromatic N) is 1. The smallest absolute Gasteiger partial charge is 0.300 e. The Labute approximate surface area is 128 Å². The lowest BCUT2D eigenvalue weighted by molar-refractivity contribution is 0.565. The van der Waals surface area contributed by atoms with Gasteiger partial charge < -0.3 is 5.73 Å². The highest BCUT2D eigenvalue weighted by Crippen LogP contribution is 2.25. The van der Waals surface area contributed by atoms with Crippen LogP contribution in [0.5, 0.6) is 0 Å². The summed E-state index contributed by atoms with van der Waals surface area (Å²) in [7, 11) is -3.58. The van der Waals surface area contributed by atoms with Crippen LogP contribution in [0.3, 0.4) is 0 Å². The normalized spacial score (nSPS) is 11.8. The predicted octanol–water partition coefficient (Wildman–Crippen LogP) is 2.29. The van der Waals surface area contributed by atoms with Crippen molar-refractivity contribution in [1.29, 1.82) is 0 Å².